The van der Waals surface area contributed by atoms with E-state index in [2.05, 4.69) is 25.1 Å². The van der Waals surface area contributed by atoms with E-state index < -0.39 is 0 Å². The number of aliphatic hydroxyl groups is 1. The van der Waals surface area contributed by atoms with E-state index in [-0.39, 0.29) is 0 Å². The monoisotopic (exact) mass is 204 g/mol. The molecule has 0 spiro atoms. The van der Waals surface area contributed by atoms with Crippen molar-refractivity contribution in [3.8, 4) is 0 Å². The van der Waals surface area contributed by atoms with E-state index in [0.29, 0.717) is 12.5 Å². The van der Waals surface area contributed by atoms with Gasteiger partial charge >= 0.3 is 0 Å². The molecule has 1 nitrogen and oxygen atoms in total. The van der Waals surface area contributed by atoms with Gasteiger partial charge in [-0.05, 0) is 42.5 Å². The number of aliphatic hydroxyl groups excluding tert-OH is 1. The maximum atomic E-state index is 9.27. The highest BCUT2D eigenvalue weighted by Gasteiger charge is 2.07. The lowest BCUT2D eigenvalue weighted by Gasteiger charge is -2.13. The number of unbranched alkanes of at least 4 members (excludes halogenated alkanes) is 2. The van der Waals surface area contributed by atoms with E-state index >= 15 is 0 Å². The van der Waals surface area contributed by atoms with Gasteiger partial charge in [0.05, 0.1) is 0 Å². The summed E-state index contributed by atoms with van der Waals surface area (Å²) in [6.07, 6.45) is 5.83. The summed E-state index contributed by atoms with van der Waals surface area (Å²) in [4.78, 5) is 0. The van der Waals surface area contributed by atoms with Gasteiger partial charge in [-0.2, -0.15) is 0 Å². The van der Waals surface area contributed by atoms with Gasteiger partial charge in [-0.1, -0.05) is 38.3 Å². The Kier molecular flexibility index (Phi) is 5.88. The molecule has 0 amide bonds. The first-order valence-electron chi connectivity index (χ1n) is 5.84. The quantitative estimate of drug-likeness (QED) is 0.677. The van der Waals surface area contributed by atoms with Crippen molar-refractivity contribution >= 4 is 0 Å². The topological polar surface area (TPSA) is 20.2 Å². The summed E-state index contributed by atoms with van der Waals surface area (Å²) < 4.78 is 0. The highest BCUT2D eigenvalue weighted by Crippen LogP contribution is 2.14. The molecule has 0 heterocycles. The molecule has 1 aromatic rings. The average Bonchev–Trinajstić information content (AvgIpc) is 2.29. The van der Waals surface area contributed by atoms with Gasteiger partial charge in [0.15, 0.2) is 0 Å². The summed E-state index contributed by atoms with van der Waals surface area (Å²) in [5, 5.41) is 9.27. The molecule has 0 aliphatic rings. The van der Waals surface area contributed by atoms with Gasteiger partial charge in [-0.25, -0.2) is 0 Å². The van der Waals surface area contributed by atoms with E-state index in [0.717, 1.165) is 12.8 Å². The Morgan fingerprint density at radius 3 is 2.80 bits per heavy atom. The van der Waals surface area contributed by atoms with Crippen LogP contribution in [0.4, 0.5) is 0 Å². The van der Waals surface area contributed by atoms with Crippen molar-refractivity contribution in [2.45, 2.75) is 39.0 Å². The van der Waals surface area contributed by atoms with Gasteiger partial charge < -0.3 is 5.11 Å². The molecule has 0 aromatic heterocycles. The van der Waals surface area contributed by atoms with Crippen molar-refractivity contribution in [1.82, 2.24) is 0 Å². The summed E-state index contributed by atoms with van der Waals surface area (Å²) in [6, 6.07) is 11.7. The summed E-state index contributed by atoms with van der Waals surface area (Å²) in [5.74, 6) is 0.410. The van der Waals surface area contributed by atoms with Crippen LogP contribution in [0.2, 0.25) is 0 Å². The molecule has 0 saturated carbocycles. The van der Waals surface area contributed by atoms with Crippen LogP contribution in [0.1, 0.15) is 38.2 Å². The molecular formula is C14H20O. The highest BCUT2D eigenvalue weighted by atomic mass is 16.3. The highest BCUT2D eigenvalue weighted by molar-refractivity contribution is 5.10. The normalized spacial score (nSPS) is 12.1. The van der Waals surface area contributed by atoms with E-state index in [1.54, 1.807) is 0 Å². The van der Waals surface area contributed by atoms with Crippen LogP contribution in [0.15, 0.2) is 18.2 Å². The van der Waals surface area contributed by atoms with Crippen molar-refractivity contribution in [1.29, 1.82) is 0 Å². The smallest absolute Gasteiger partial charge is 0.0462 e. The molecule has 1 rings (SSSR count). The molecule has 0 aliphatic heterocycles. The zero-order valence-electron chi connectivity index (χ0n) is 9.50. The fourth-order valence-electron chi connectivity index (χ4n) is 1.78. The molecule has 0 saturated heterocycles. The van der Waals surface area contributed by atoms with Crippen LogP contribution in [0, 0.1) is 18.1 Å². The first-order chi connectivity index (χ1) is 7.36. The lowest BCUT2D eigenvalue weighted by Crippen LogP contribution is -2.09. The van der Waals surface area contributed by atoms with Gasteiger partial charge in [0.1, 0.15) is 0 Å². The van der Waals surface area contributed by atoms with Gasteiger partial charge in [-0.15, -0.1) is 0 Å². The molecule has 1 unspecified atom stereocenters. The predicted octanol–water partition coefficient (Wildman–Crippen LogP) is 3.02. The van der Waals surface area contributed by atoms with E-state index in [4.69, 9.17) is 0 Å². The van der Waals surface area contributed by atoms with Crippen molar-refractivity contribution in [3.05, 3.63) is 35.9 Å². The van der Waals surface area contributed by atoms with E-state index in [1.807, 2.05) is 12.1 Å². The molecule has 0 radical (unpaired) electrons. The maximum Gasteiger partial charge on any atom is 0.0462 e. The SMILES string of the molecule is CCCCCC(CO)Cc1cc#ccc1. The lowest BCUT2D eigenvalue weighted by atomic mass is 9.95. The minimum absolute atomic E-state index is 0.294. The van der Waals surface area contributed by atoms with Crippen LogP contribution in [0.25, 0.3) is 0 Å². The Bertz CT molecular complexity index is 243. The number of hydrogen-bond acceptors (Lipinski definition) is 1. The fourth-order valence-corrected chi connectivity index (χ4v) is 1.78. The van der Waals surface area contributed by atoms with Gasteiger partial charge in [0.25, 0.3) is 0 Å². The van der Waals surface area contributed by atoms with Crippen molar-refractivity contribution < 1.29 is 5.11 Å². The second kappa shape index (κ2) is 7.31. The average molecular weight is 204 g/mol. The Hall–Kier alpha value is -1.00. The van der Waals surface area contributed by atoms with Crippen molar-refractivity contribution in [2.24, 2.45) is 5.92 Å². The summed E-state index contributed by atoms with van der Waals surface area (Å²) >= 11 is 0. The maximum absolute atomic E-state index is 9.27. The van der Waals surface area contributed by atoms with Crippen molar-refractivity contribution in [2.75, 3.05) is 6.61 Å². The minimum atomic E-state index is 0.294. The molecule has 0 bridgehead atoms. The zero-order chi connectivity index (χ0) is 10.9. The number of hydrogen-bond donors (Lipinski definition) is 1. The second-order valence-electron chi connectivity index (χ2n) is 4.09. The molecular weight excluding hydrogens is 184 g/mol. The second-order valence-corrected chi connectivity index (χ2v) is 4.09. The summed E-state index contributed by atoms with van der Waals surface area (Å²) in [7, 11) is 0. The third-order valence-electron chi connectivity index (χ3n) is 2.72. The molecule has 0 fully saturated rings. The first-order valence-corrected chi connectivity index (χ1v) is 5.84. The number of rotatable bonds is 7. The molecule has 1 aromatic carbocycles. The van der Waals surface area contributed by atoms with Gasteiger partial charge in [-0.3, -0.25) is 0 Å². The molecule has 15 heavy (non-hydrogen) atoms. The van der Waals surface area contributed by atoms with Crippen molar-refractivity contribution in [3.63, 3.8) is 0 Å². The van der Waals surface area contributed by atoms with Gasteiger partial charge in [0.2, 0.25) is 0 Å². The third-order valence-corrected chi connectivity index (χ3v) is 2.72. The van der Waals surface area contributed by atoms with Crippen LogP contribution < -0.4 is 0 Å². The first kappa shape index (κ1) is 12.1. The molecule has 1 heteroatoms. The van der Waals surface area contributed by atoms with Crippen LogP contribution in [0.3, 0.4) is 0 Å². The van der Waals surface area contributed by atoms with Crippen LogP contribution in [-0.2, 0) is 6.42 Å². The molecule has 0 aliphatic carbocycles. The Balaban J connectivity index is 2.33. The summed E-state index contributed by atoms with van der Waals surface area (Å²) in [5.41, 5.74) is 1.25. The standard InChI is InChI=1S/C14H20O/c1-2-3-5-10-14(12-15)11-13-8-6-4-7-9-13/h6,8-9,14-15H,2-3,5,10-12H2,1H3. The zero-order valence-corrected chi connectivity index (χ0v) is 9.50. The van der Waals surface area contributed by atoms with Gasteiger partial charge in [0, 0.05) is 6.61 Å². The van der Waals surface area contributed by atoms with Crippen LogP contribution in [-0.4, -0.2) is 11.7 Å². The van der Waals surface area contributed by atoms with Crippen LogP contribution >= 0.6 is 0 Å². The molecule has 1 N–H and O–H groups in total. The van der Waals surface area contributed by atoms with Crippen LogP contribution in [0.5, 0.6) is 0 Å². The van der Waals surface area contributed by atoms with E-state index in [1.165, 1.54) is 24.8 Å². The Labute approximate surface area is 93.1 Å². The molecule has 1 atom stereocenters. The Morgan fingerprint density at radius 2 is 2.20 bits per heavy atom. The summed E-state index contributed by atoms with van der Waals surface area (Å²) in [6.45, 7) is 2.50. The largest absolute Gasteiger partial charge is 0.396 e. The molecule has 82 valence electrons. The minimum Gasteiger partial charge on any atom is -0.396 e. The fraction of sp³-hybridized carbons (Fsp3) is 0.571. The van der Waals surface area contributed by atoms with E-state index in [9.17, 15) is 5.11 Å². The lowest BCUT2D eigenvalue weighted by molar-refractivity contribution is 0.215. The third kappa shape index (κ3) is 4.85. The Morgan fingerprint density at radius 1 is 1.33 bits per heavy atom. The predicted molar refractivity (Wildman–Crippen MR) is 62.5 cm³/mol.